The van der Waals surface area contributed by atoms with Gasteiger partial charge in [0, 0.05) is 11.6 Å². The quantitative estimate of drug-likeness (QED) is 0.941. The number of rotatable bonds is 3. The number of hydrogen-bond acceptors (Lipinski definition) is 4. The number of aryl methyl sites for hydroxylation is 1. The van der Waals surface area contributed by atoms with Crippen molar-refractivity contribution in [1.29, 1.82) is 0 Å². The minimum absolute atomic E-state index is 0.453. The number of benzene rings is 1. The second kappa shape index (κ2) is 5.64. The van der Waals surface area contributed by atoms with Crippen LogP contribution in [-0.2, 0) is 12.8 Å². The standard InChI is InChI=1S/C17H20N2O2/c1-11-13(6-7-16(18)19-11)8-12-9-14-4-3-5-15(20-2)17(14)21-10-12/h3-7,12H,8-10H2,1-2H3,(H2,18,19). The Morgan fingerprint density at radius 1 is 1.33 bits per heavy atom. The molecule has 0 saturated carbocycles. The van der Waals surface area contributed by atoms with Crippen LogP contribution in [0.3, 0.4) is 0 Å². The summed E-state index contributed by atoms with van der Waals surface area (Å²) in [7, 11) is 1.68. The maximum Gasteiger partial charge on any atom is 0.164 e. The van der Waals surface area contributed by atoms with Crippen molar-refractivity contribution in [3.05, 3.63) is 47.2 Å². The van der Waals surface area contributed by atoms with E-state index in [2.05, 4.69) is 17.1 Å². The van der Waals surface area contributed by atoms with Crippen LogP contribution in [0.5, 0.6) is 11.5 Å². The first-order chi connectivity index (χ1) is 10.2. The van der Waals surface area contributed by atoms with Crippen LogP contribution < -0.4 is 15.2 Å². The summed E-state index contributed by atoms with van der Waals surface area (Å²) in [6.45, 7) is 2.71. The van der Waals surface area contributed by atoms with Crippen LogP contribution in [0.25, 0.3) is 0 Å². The first-order valence-electron chi connectivity index (χ1n) is 7.18. The molecule has 0 spiro atoms. The lowest BCUT2D eigenvalue weighted by Crippen LogP contribution is -2.23. The molecular weight excluding hydrogens is 264 g/mol. The highest BCUT2D eigenvalue weighted by Gasteiger charge is 2.23. The Hall–Kier alpha value is -2.23. The number of nitrogens with two attached hydrogens (primary N) is 1. The van der Waals surface area contributed by atoms with Gasteiger partial charge in [-0.15, -0.1) is 0 Å². The molecule has 21 heavy (non-hydrogen) atoms. The number of ether oxygens (including phenoxy) is 2. The summed E-state index contributed by atoms with van der Waals surface area (Å²) in [4.78, 5) is 4.33. The van der Waals surface area contributed by atoms with E-state index in [1.165, 1.54) is 11.1 Å². The van der Waals surface area contributed by atoms with Crippen LogP contribution in [0.4, 0.5) is 5.82 Å². The molecule has 0 saturated heterocycles. The molecule has 1 aliphatic rings. The van der Waals surface area contributed by atoms with E-state index in [4.69, 9.17) is 15.2 Å². The zero-order valence-electron chi connectivity index (χ0n) is 12.4. The van der Waals surface area contributed by atoms with Gasteiger partial charge >= 0.3 is 0 Å². The Bertz CT molecular complexity index is 655. The zero-order valence-corrected chi connectivity index (χ0v) is 12.4. The van der Waals surface area contributed by atoms with E-state index in [0.29, 0.717) is 18.3 Å². The molecule has 2 heterocycles. The molecule has 3 rings (SSSR count). The number of fused-ring (bicyclic) bond motifs is 1. The predicted octanol–water partition coefficient (Wildman–Crippen LogP) is 2.77. The van der Waals surface area contributed by atoms with Crippen molar-refractivity contribution >= 4 is 5.82 Å². The van der Waals surface area contributed by atoms with E-state index < -0.39 is 0 Å². The van der Waals surface area contributed by atoms with Crippen molar-refractivity contribution in [2.45, 2.75) is 19.8 Å². The first kappa shape index (κ1) is 13.7. The van der Waals surface area contributed by atoms with Gasteiger partial charge in [-0.25, -0.2) is 4.98 Å². The molecule has 0 aliphatic carbocycles. The minimum Gasteiger partial charge on any atom is -0.493 e. The summed E-state index contributed by atoms with van der Waals surface area (Å²) in [6, 6.07) is 9.99. The van der Waals surface area contributed by atoms with Gasteiger partial charge in [0.2, 0.25) is 0 Å². The molecule has 1 unspecified atom stereocenters. The normalized spacial score (nSPS) is 17.0. The molecule has 2 N–H and O–H groups in total. The molecule has 4 nitrogen and oxygen atoms in total. The number of para-hydroxylation sites is 1. The lowest BCUT2D eigenvalue weighted by atomic mass is 9.90. The smallest absolute Gasteiger partial charge is 0.164 e. The Morgan fingerprint density at radius 3 is 2.95 bits per heavy atom. The molecule has 1 aromatic carbocycles. The number of pyridine rings is 1. The predicted molar refractivity (Wildman–Crippen MR) is 82.8 cm³/mol. The van der Waals surface area contributed by atoms with Crippen LogP contribution in [0.15, 0.2) is 30.3 Å². The Morgan fingerprint density at radius 2 is 2.19 bits per heavy atom. The van der Waals surface area contributed by atoms with Gasteiger partial charge in [-0.3, -0.25) is 0 Å². The highest BCUT2D eigenvalue weighted by Crippen LogP contribution is 2.36. The van der Waals surface area contributed by atoms with Gasteiger partial charge in [0.1, 0.15) is 5.82 Å². The molecule has 110 valence electrons. The monoisotopic (exact) mass is 284 g/mol. The van der Waals surface area contributed by atoms with E-state index in [0.717, 1.165) is 30.0 Å². The van der Waals surface area contributed by atoms with Gasteiger partial charge in [-0.2, -0.15) is 0 Å². The summed E-state index contributed by atoms with van der Waals surface area (Å²) >= 11 is 0. The van der Waals surface area contributed by atoms with Crippen LogP contribution in [-0.4, -0.2) is 18.7 Å². The summed E-state index contributed by atoms with van der Waals surface area (Å²) in [5, 5.41) is 0. The number of nitrogen functional groups attached to an aromatic ring is 1. The topological polar surface area (TPSA) is 57.4 Å². The van der Waals surface area contributed by atoms with Gasteiger partial charge < -0.3 is 15.2 Å². The molecule has 0 bridgehead atoms. The molecule has 0 radical (unpaired) electrons. The highest BCUT2D eigenvalue weighted by molar-refractivity contribution is 5.48. The zero-order chi connectivity index (χ0) is 14.8. The summed E-state index contributed by atoms with van der Waals surface area (Å²) in [5.41, 5.74) is 9.17. The van der Waals surface area contributed by atoms with E-state index in [1.807, 2.05) is 25.1 Å². The first-order valence-corrected chi connectivity index (χ1v) is 7.18. The third-order valence-corrected chi connectivity index (χ3v) is 3.98. The molecule has 1 atom stereocenters. The Labute approximate surface area is 124 Å². The van der Waals surface area contributed by atoms with Crippen LogP contribution >= 0.6 is 0 Å². The number of methoxy groups -OCH3 is 1. The van der Waals surface area contributed by atoms with E-state index >= 15 is 0 Å². The van der Waals surface area contributed by atoms with Crippen molar-refractivity contribution in [2.24, 2.45) is 5.92 Å². The third kappa shape index (κ3) is 2.79. The van der Waals surface area contributed by atoms with Crippen molar-refractivity contribution < 1.29 is 9.47 Å². The average molecular weight is 284 g/mol. The third-order valence-electron chi connectivity index (χ3n) is 3.98. The molecule has 2 aromatic rings. The van der Waals surface area contributed by atoms with E-state index in [1.54, 1.807) is 7.11 Å². The largest absolute Gasteiger partial charge is 0.493 e. The van der Waals surface area contributed by atoms with Crippen molar-refractivity contribution in [1.82, 2.24) is 4.98 Å². The van der Waals surface area contributed by atoms with Crippen LogP contribution in [0.2, 0.25) is 0 Å². The van der Waals surface area contributed by atoms with Crippen molar-refractivity contribution in [2.75, 3.05) is 19.5 Å². The fourth-order valence-electron chi connectivity index (χ4n) is 2.88. The molecule has 0 amide bonds. The van der Waals surface area contributed by atoms with Crippen molar-refractivity contribution in [3.8, 4) is 11.5 Å². The average Bonchev–Trinajstić information content (AvgIpc) is 2.49. The fourth-order valence-corrected chi connectivity index (χ4v) is 2.88. The lowest BCUT2D eigenvalue weighted by molar-refractivity contribution is 0.211. The molecule has 1 aromatic heterocycles. The molecule has 0 fully saturated rings. The molecule has 4 heteroatoms. The van der Waals surface area contributed by atoms with E-state index in [-0.39, 0.29) is 0 Å². The van der Waals surface area contributed by atoms with Crippen LogP contribution in [0, 0.1) is 12.8 Å². The van der Waals surface area contributed by atoms with Crippen LogP contribution in [0.1, 0.15) is 16.8 Å². The van der Waals surface area contributed by atoms with Gasteiger partial charge in [0.15, 0.2) is 11.5 Å². The van der Waals surface area contributed by atoms with Gasteiger partial charge in [-0.05, 0) is 43.0 Å². The highest BCUT2D eigenvalue weighted by atomic mass is 16.5. The SMILES string of the molecule is COc1cccc2c1OCC(Cc1ccc(N)nc1C)C2. The molecular formula is C17H20N2O2. The Balaban J connectivity index is 1.77. The maximum atomic E-state index is 5.92. The lowest BCUT2D eigenvalue weighted by Gasteiger charge is -2.26. The second-order valence-corrected chi connectivity index (χ2v) is 5.51. The number of anilines is 1. The summed E-state index contributed by atoms with van der Waals surface area (Å²) in [6.07, 6.45) is 1.95. The molecule has 1 aliphatic heterocycles. The summed E-state index contributed by atoms with van der Waals surface area (Å²) < 4.78 is 11.3. The Kier molecular flexibility index (Phi) is 3.69. The van der Waals surface area contributed by atoms with E-state index in [9.17, 15) is 0 Å². The van der Waals surface area contributed by atoms with Gasteiger partial charge in [-0.1, -0.05) is 18.2 Å². The second-order valence-electron chi connectivity index (χ2n) is 5.51. The van der Waals surface area contributed by atoms with Crippen molar-refractivity contribution in [3.63, 3.8) is 0 Å². The summed E-state index contributed by atoms with van der Waals surface area (Å²) in [5.74, 6) is 2.74. The minimum atomic E-state index is 0.453. The number of hydrogen-bond donors (Lipinski definition) is 1. The fraction of sp³-hybridized carbons (Fsp3) is 0.353. The number of nitrogens with zero attached hydrogens (tertiary/aromatic N) is 1. The number of aromatic nitrogens is 1. The van der Waals surface area contributed by atoms with Gasteiger partial charge in [0.25, 0.3) is 0 Å². The maximum absolute atomic E-state index is 5.92. The van der Waals surface area contributed by atoms with Gasteiger partial charge in [0.05, 0.1) is 13.7 Å².